The fourth-order valence-electron chi connectivity index (χ4n) is 1.21. The highest BCUT2D eigenvalue weighted by molar-refractivity contribution is 5.73. The van der Waals surface area contributed by atoms with E-state index in [0.29, 0.717) is 6.54 Å². The second-order valence-electron chi connectivity index (χ2n) is 3.48. The molecule has 2 unspecified atom stereocenters. The summed E-state index contributed by atoms with van der Waals surface area (Å²) >= 11 is 0. The Kier molecular flexibility index (Phi) is 6.54. The quantitative estimate of drug-likeness (QED) is 0.509. The number of hydrogen-bond acceptors (Lipinski definition) is 3. The van der Waals surface area contributed by atoms with Gasteiger partial charge in [0.2, 0.25) is 0 Å². The summed E-state index contributed by atoms with van der Waals surface area (Å²) < 4.78 is 0. The molecule has 4 heteroatoms. The molecule has 0 spiro atoms. The van der Waals surface area contributed by atoms with Crippen LogP contribution in [0, 0.1) is 5.92 Å². The SMILES string of the molecule is CC(CCCCCN)C(N)C(=O)O. The zero-order chi connectivity index (χ0) is 10.3. The summed E-state index contributed by atoms with van der Waals surface area (Å²) in [7, 11) is 0. The molecule has 0 heterocycles. The van der Waals surface area contributed by atoms with Crippen LogP contribution in [0.1, 0.15) is 32.6 Å². The van der Waals surface area contributed by atoms with Crippen molar-refractivity contribution in [1.29, 1.82) is 0 Å². The van der Waals surface area contributed by atoms with Crippen LogP contribution in [0.25, 0.3) is 0 Å². The topological polar surface area (TPSA) is 89.3 Å². The molecule has 0 aromatic carbocycles. The van der Waals surface area contributed by atoms with Gasteiger partial charge in [-0.25, -0.2) is 0 Å². The lowest BCUT2D eigenvalue weighted by Crippen LogP contribution is -2.36. The third-order valence-electron chi connectivity index (χ3n) is 2.26. The first-order valence-corrected chi connectivity index (χ1v) is 4.78. The Morgan fingerprint density at radius 3 is 2.46 bits per heavy atom. The summed E-state index contributed by atoms with van der Waals surface area (Å²) in [6.45, 7) is 2.58. The molecule has 0 rings (SSSR count). The fourth-order valence-corrected chi connectivity index (χ4v) is 1.21. The van der Waals surface area contributed by atoms with E-state index in [1.807, 2.05) is 6.92 Å². The van der Waals surface area contributed by atoms with Crippen LogP contribution >= 0.6 is 0 Å². The van der Waals surface area contributed by atoms with Crippen molar-refractivity contribution in [2.45, 2.75) is 38.6 Å². The minimum Gasteiger partial charge on any atom is -0.480 e. The van der Waals surface area contributed by atoms with Crippen molar-refractivity contribution in [3.05, 3.63) is 0 Å². The van der Waals surface area contributed by atoms with Gasteiger partial charge in [0.25, 0.3) is 0 Å². The van der Waals surface area contributed by atoms with Gasteiger partial charge in [-0.2, -0.15) is 0 Å². The Morgan fingerprint density at radius 1 is 1.38 bits per heavy atom. The van der Waals surface area contributed by atoms with Gasteiger partial charge in [-0.1, -0.05) is 19.8 Å². The first kappa shape index (κ1) is 12.4. The molecule has 0 aromatic heterocycles. The van der Waals surface area contributed by atoms with Crippen LogP contribution in [0.5, 0.6) is 0 Å². The second kappa shape index (κ2) is 6.86. The van der Waals surface area contributed by atoms with E-state index in [0.717, 1.165) is 25.7 Å². The van der Waals surface area contributed by atoms with E-state index in [1.54, 1.807) is 0 Å². The van der Waals surface area contributed by atoms with Gasteiger partial charge >= 0.3 is 5.97 Å². The van der Waals surface area contributed by atoms with E-state index in [-0.39, 0.29) is 5.92 Å². The number of carbonyl (C=O) groups is 1. The molecule has 0 amide bonds. The van der Waals surface area contributed by atoms with Gasteiger partial charge in [0.15, 0.2) is 0 Å². The first-order chi connectivity index (χ1) is 6.09. The van der Waals surface area contributed by atoms with Gasteiger partial charge in [0.1, 0.15) is 6.04 Å². The standard InChI is InChI=1S/C9H20N2O2/c1-7(8(11)9(12)13)5-3-2-4-6-10/h7-8H,2-6,10-11H2,1H3,(H,12,13). The lowest BCUT2D eigenvalue weighted by molar-refractivity contribution is -0.139. The highest BCUT2D eigenvalue weighted by Gasteiger charge is 2.18. The minimum atomic E-state index is -0.911. The van der Waals surface area contributed by atoms with Crippen LogP contribution in [-0.2, 0) is 4.79 Å². The fraction of sp³-hybridized carbons (Fsp3) is 0.889. The van der Waals surface area contributed by atoms with Crippen molar-refractivity contribution < 1.29 is 9.90 Å². The maximum atomic E-state index is 10.5. The van der Waals surface area contributed by atoms with Gasteiger partial charge in [-0.15, -0.1) is 0 Å². The molecule has 78 valence electrons. The lowest BCUT2D eigenvalue weighted by Gasteiger charge is -2.15. The van der Waals surface area contributed by atoms with E-state index in [1.165, 1.54) is 0 Å². The number of aliphatic carboxylic acids is 1. The van der Waals surface area contributed by atoms with Crippen LogP contribution in [-0.4, -0.2) is 23.7 Å². The normalized spacial score (nSPS) is 15.3. The Balaban J connectivity index is 3.50. The Hall–Kier alpha value is -0.610. The summed E-state index contributed by atoms with van der Waals surface area (Å²) in [6, 6.07) is -0.724. The second-order valence-corrected chi connectivity index (χ2v) is 3.48. The highest BCUT2D eigenvalue weighted by atomic mass is 16.4. The molecule has 0 aliphatic heterocycles. The molecule has 0 saturated carbocycles. The van der Waals surface area contributed by atoms with E-state index in [4.69, 9.17) is 16.6 Å². The van der Waals surface area contributed by atoms with E-state index < -0.39 is 12.0 Å². The molecular formula is C9H20N2O2. The van der Waals surface area contributed by atoms with Crippen molar-refractivity contribution in [2.75, 3.05) is 6.54 Å². The van der Waals surface area contributed by atoms with Crippen molar-refractivity contribution >= 4 is 5.97 Å². The smallest absolute Gasteiger partial charge is 0.320 e. The monoisotopic (exact) mass is 188 g/mol. The number of hydrogen-bond donors (Lipinski definition) is 3. The highest BCUT2D eigenvalue weighted by Crippen LogP contribution is 2.11. The van der Waals surface area contributed by atoms with Crippen molar-refractivity contribution in [3.8, 4) is 0 Å². The lowest BCUT2D eigenvalue weighted by atomic mass is 9.96. The molecule has 0 aliphatic rings. The van der Waals surface area contributed by atoms with Crippen LogP contribution in [0.4, 0.5) is 0 Å². The van der Waals surface area contributed by atoms with Gasteiger partial charge < -0.3 is 16.6 Å². The molecular weight excluding hydrogens is 168 g/mol. The molecule has 4 nitrogen and oxygen atoms in total. The Morgan fingerprint density at radius 2 is 2.00 bits per heavy atom. The molecule has 0 saturated heterocycles. The molecule has 2 atom stereocenters. The zero-order valence-electron chi connectivity index (χ0n) is 8.20. The van der Waals surface area contributed by atoms with Crippen molar-refractivity contribution in [3.63, 3.8) is 0 Å². The molecule has 13 heavy (non-hydrogen) atoms. The summed E-state index contributed by atoms with van der Waals surface area (Å²) in [5.41, 5.74) is 10.8. The summed E-state index contributed by atoms with van der Waals surface area (Å²) in [5, 5.41) is 8.61. The first-order valence-electron chi connectivity index (χ1n) is 4.78. The third-order valence-corrected chi connectivity index (χ3v) is 2.26. The van der Waals surface area contributed by atoms with Crippen LogP contribution in [0.3, 0.4) is 0 Å². The Bertz CT molecular complexity index is 151. The third kappa shape index (κ3) is 5.60. The van der Waals surface area contributed by atoms with Crippen molar-refractivity contribution in [2.24, 2.45) is 17.4 Å². The molecule has 0 aromatic rings. The van der Waals surface area contributed by atoms with E-state index >= 15 is 0 Å². The minimum absolute atomic E-state index is 0.0512. The predicted octanol–water partition coefficient (Wildman–Crippen LogP) is 0.554. The number of nitrogens with two attached hydrogens (primary N) is 2. The average Bonchev–Trinajstić information content (AvgIpc) is 2.10. The number of rotatable bonds is 7. The molecule has 0 bridgehead atoms. The largest absolute Gasteiger partial charge is 0.480 e. The maximum Gasteiger partial charge on any atom is 0.320 e. The van der Waals surface area contributed by atoms with Crippen LogP contribution < -0.4 is 11.5 Å². The van der Waals surface area contributed by atoms with Crippen LogP contribution in [0.15, 0.2) is 0 Å². The Labute approximate surface area is 79.3 Å². The molecule has 5 N–H and O–H groups in total. The number of carboxylic acids is 1. The maximum absolute atomic E-state index is 10.5. The summed E-state index contributed by atoms with van der Waals surface area (Å²) in [5.74, 6) is -0.860. The zero-order valence-corrected chi connectivity index (χ0v) is 8.20. The van der Waals surface area contributed by atoms with Gasteiger partial charge in [0, 0.05) is 0 Å². The molecule has 0 aliphatic carbocycles. The predicted molar refractivity (Wildman–Crippen MR) is 52.3 cm³/mol. The van der Waals surface area contributed by atoms with Gasteiger partial charge in [-0.3, -0.25) is 4.79 Å². The molecule has 0 radical (unpaired) electrons. The van der Waals surface area contributed by atoms with Crippen LogP contribution in [0.2, 0.25) is 0 Å². The number of unbranched alkanes of at least 4 members (excludes halogenated alkanes) is 2. The van der Waals surface area contributed by atoms with E-state index in [2.05, 4.69) is 0 Å². The average molecular weight is 188 g/mol. The van der Waals surface area contributed by atoms with Gasteiger partial charge in [-0.05, 0) is 25.3 Å². The van der Waals surface area contributed by atoms with Crippen molar-refractivity contribution in [1.82, 2.24) is 0 Å². The van der Waals surface area contributed by atoms with Gasteiger partial charge in [0.05, 0.1) is 0 Å². The molecule has 0 fully saturated rings. The summed E-state index contributed by atoms with van der Waals surface area (Å²) in [6.07, 6.45) is 3.95. The van der Waals surface area contributed by atoms with E-state index in [9.17, 15) is 4.79 Å². The number of carboxylic acid groups (broad SMARTS) is 1. The summed E-state index contributed by atoms with van der Waals surface area (Å²) in [4.78, 5) is 10.5.